The van der Waals surface area contributed by atoms with E-state index >= 15 is 0 Å². The summed E-state index contributed by atoms with van der Waals surface area (Å²) in [6.45, 7) is 5.70. The molecule has 23 heavy (non-hydrogen) atoms. The molecule has 0 saturated carbocycles. The normalized spacial score (nSPS) is 17.7. The molecule has 0 atom stereocenters. The van der Waals surface area contributed by atoms with E-state index in [1.807, 2.05) is 43.2 Å². The van der Waals surface area contributed by atoms with Crippen molar-refractivity contribution < 1.29 is 4.74 Å². The van der Waals surface area contributed by atoms with Gasteiger partial charge in [0.25, 0.3) is 0 Å². The Morgan fingerprint density at radius 1 is 1.35 bits per heavy atom. The van der Waals surface area contributed by atoms with Crippen molar-refractivity contribution >= 4 is 17.7 Å². The number of nitrogens with zero attached hydrogens (tertiary/aromatic N) is 2. The quantitative estimate of drug-likeness (QED) is 0.590. The van der Waals surface area contributed by atoms with Gasteiger partial charge in [-0.25, -0.2) is 0 Å². The number of aliphatic imine (C=N–C) groups is 1. The van der Waals surface area contributed by atoms with Crippen molar-refractivity contribution in [1.29, 1.82) is 0 Å². The number of nitrogens with one attached hydrogen (secondary N) is 2. The number of thioether (sulfide) groups is 1. The fraction of sp³-hybridized carbons (Fsp3) is 0.647. The van der Waals surface area contributed by atoms with E-state index < -0.39 is 0 Å². The maximum absolute atomic E-state index is 5.52. The van der Waals surface area contributed by atoms with Crippen LogP contribution in [0.3, 0.4) is 0 Å². The molecule has 0 amide bonds. The SMILES string of the molecule is CCSC1(CNC(=NC)NCCc2ccccn2)CCOCC1. The zero-order valence-corrected chi connectivity index (χ0v) is 15.0. The lowest BCUT2D eigenvalue weighted by Crippen LogP contribution is -2.48. The minimum atomic E-state index is 0.269. The second-order valence-corrected chi connectivity index (χ2v) is 7.38. The van der Waals surface area contributed by atoms with Crippen molar-refractivity contribution in [3.63, 3.8) is 0 Å². The number of rotatable bonds is 7. The molecule has 1 aliphatic rings. The van der Waals surface area contributed by atoms with E-state index in [2.05, 4.69) is 27.5 Å². The zero-order valence-electron chi connectivity index (χ0n) is 14.2. The molecule has 2 heterocycles. The van der Waals surface area contributed by atoms with E-state index in [9.17, 15) is 0 Å². The summed E-state index contributed by atoms with van der Waals surface area (Å²) in [6, 6.07) is 6.01. The Morgan fingerprint density at radius 2 is 2.17 bits per heavy atom. The number of ether oxygens (including phenoxy) is 1. The summed E-state index contributed by atoms with van der Waals surface area (Å²) in [4.78, 5) is 8.67. The smallest absolute Gasteiger partial charge is 0.191 e. The fourth-order valence-corrected chi connectivity index (χ4v) is 3.98. The van der Waals surface area contributed by atoms with E-state index in [0.29, 0.717) is 0 Å². The van der Waals surface area contributed by atoms with Crippen LogP contribution in [0.1, 0.15) is 25.5 Å². The number of aromatic nitrogens is 1. The minimum Gasteiger partial charge on any atom is -0.381 e. The maximum Gasteiger partial charge on any atom is 0.191 e. The van der Waals surface area contributed by atoms with Crippen molar-refractivity contribution in [3.05, 3.63) is 30.1 Å². The average molecular weight is 337 g/mol. The molecule has 0 bridgehead atoms. The fourth-order valence-electron chi connectivity index (χ4n) is 2.74. The lowest BCUT2D eigenvalue weighted by molar-refractivity contribution is 0.0782. The first-order chi connectivity index (χ1) is 11.3. The number of guanidine groups is 1. The van der Waals surface area contributed by atoms with E-state index in [4.69, 9.17) is 4.74 Å². The Hall–Kier alpha value is -1.27. The van der Waals surface area contributed by atoms with Crippen molar-refractivity contribution in [2.24, 2.45) is 4.99 Å². The van der Waals surface area contributed by atoms with Crippen LogP contribution in [0.2, 0.25) is 0 Å². The molecular formula is C17H28N4OS. The summed E-state index contributed by atoms with van der Waals surface area (Å²) in [7, 11) is 1.82. The Bertz CT molecular complexity index is 469. The standard InChI is InChI=1S/C17H28N4OS/c1-3-23-17(8-12-22-13-9-17)14-21-16(18-2)20-11-7-15-6-4-5-10-19-15/h4-6,10H,3,7-9,11-14H2,1-2H3,(H2,18,20,21). The highest BCUT2D eigenvalue weighted by atomic mass is 32.2. The molecule has 5 nitrogen and oxygen atoms in total. The van der Waals surface area contributed by atoms with Crippen LogP contribution in [0, 0.1) is 0 Å². The van der Waals surface area contributed by atoms with Gasteiger partial charge in [-0.05, 0) is 30.7 Å². The molecule has 0 unspecified atom stereocenters. The third-order valence-corrected chi connectivity index (χ3v) is 5.51. The lowest BCUT2D eigenvalue weighted by atomic mass is 9.99. The molecule has 1 aliphatic heterocycles. The van der Waals surface area contributed by atoms with Crippen molar-refractivity contribution in [1.82, 2.24) is 15.6 Å². The predicted molar refractivity (Wildman–Crippen MR) is 98.2 cm³/mol. The molecule has 0 radical (unpaired) electrons. The molecule has 1 aromatic heterocycles. The molecular weight excluding hydrogens is 308 g/mol. The highest BCUT2D eigenvalue weighted by Gasteiger charge is 2.32. The Morgan fingerprint density at radius 3 is 2.83 bits per heavy atom. The molecule has 1 fully saturated rings. The predicted octanol–water partition coefficient (Wildman–Crippen LogP) is 2.09. The molecule has 1 aromatic rings. The van der Waals surface area contributed by atoms with Crippen LogP contribution in [-0.2, 0) is 11.2 Å². The van der Waals surface area contributed by atoms with Gasteiger partial charge in [0.2, 0.25) is 0 Å². The number of pyridine rings is 1. The van der Waals surface area contributed by atoms with Crippen LogP contribution in [0.4, 0.5) is 0 Å². The van der Waals surface area contributed by atoms with Gasteiger partial charge in [0.05, 0.1) is 0 Å². The van der Waals surface area contributed by atoms with Gasteiger partial charge in [0.15, 0.2) is 5.96 Å². The minimum absolute atomic E-state index is 0.269. The first kappa shape index (κ1) is 18.1. The molecule has 0 spiro atoms. The van der Waals surface area contributed by atoms with Gasteiger partial charge in [-0.15, -0.1) is 0 Å². The van der Waals surface area contributed by atoms with Crippen LogP contribution in [-0.4, -0.2) is 54.8 Å². The van der Waals surface area contributed by atoms with Gasteiger partial charge in [-0.2, -0.15) is 11.8 Å². The Balaban J connectivity index is 1.77. The van der Waals surface area contributed by atoms with E-state index in [0.717, 1.165) is 63.0 Å². The summed E-state index contributed by atoms with van der Waals surface area (Å²) >= 11 is 2.04. The van der Waals surface area contributed by atoms with Crippen LogP contribution in [0.15, 0.2) is 29.4 Å². The van der Waals surface area contributed by atoms with E-state index in [1.165, 1.54) is 0 Å². The van der Waals surface area contributed by atoms with Crippen LogP contribution in [0.25, 0.3) is 0 Å². The second kappa shape index (κ2) is 9.78. The zero-order chi connectivity index (χ0) is 16.4. The first-order valence-corrected chi connectivity index (χ1v) is 9.33. The van der Waals surface area contributed by atoms with Crippen molar-refractivity contribution in [3.8, 4) is 0 Å². The monoisotopic (exact) mass is 336 g/mol. The van der Waals surface area contributed by atoms with Crippen molar-refractivity contribution in [2.45, 2.75) is 30.9 Å². The van der Waals surface area contributed by atoms with E-state index in [1.54, 1.807) is 0 Å². The van der Waals surface area contributed by atoms with Gasteiger partial charge in [0.1, 0.15) is 0 Å². The maximum atomic E-state index is 5.52. The van der Waals surface area contributed by atoms with Crippen LogP contribution >= 0.6 is 11.8 Å². The molecule has 1 saturated heterocycles. The van der Waals surface area contributed by atoms with Crippen LogP contribution < -0.4 is 10.6 Å². The van der Waals surface area contributed by atoms with E-state index in [-0.39, 0.29) is 4.75 Å². The molecule has 2 N–H and O–H groups in total. The summed E-state index contributed by atoms with van der Waals surface area (Å²) in [6.07, 6.45) is 4.93. The van der Waals surface area contributed by atoms with Crippen LogP contribution in [0.5, 0.6) is 0 Å². The third-order valence-electron chi connectivity index (χ3n) is 4.06. The van der Waals surface area contributed by atoms with Crippen molar-refractivity contribution in [2.75, 3.05) is 39.1 Å². The van der Waals surface area contributed by atoms with Gasteiger partial charge in [-0.1, -0.05) is 13.0 Å². The molecule has 0 aliphatic carbocycles. The summed E-state index contributed by atoms with van der Waals surface area (Å²) < 4.78 is 5.79. The Kier molecular flexibility index (Phi) is 7.68. The summed E-state index contributed by atoms with van der Waals surface area (Å²) in [5.41, 5.74) is 1.10. The molecule has 2 rings (SSSR count). The summed E-state index contributed by atoms with van der Waals surface area (Å²) in [5.74, 6) is 2.00. The second-order valence-electron chi connectivity index (χ2n) is 5.65. The van der Waals surface area contributed by atoms with Gasteiger partial charge < -0.3 is 15.4 Å². The molecule has 6 heteroatoms. The lowest BCUT2D eigenvalue weighted by Gasteiger charge is -2.37. The molecule has 128 valence electrons. The largest absolute Gasteiger partial charge is 0.381 e. The number of hydrogen-bond acceptors (Lipinski definition) is 4. The topological polar surface area (TPSA) is 58.5 Å². The summed E-state index contributed by atoms with van der Waals surface area (Å²) in [5, 5.41) is 6.87. The Labute approximate surface area is 143 Å². The highest BCUT2D eigenvalue weighted by molar-refractivity contribution is 8.00. The molecule has 0 aromatic carbocycles. The number of hydrogen-bond donors (Lipinski definition) is 2. The van der Waals surface area contributed by atoms with Gasteiger partial charge >= 0.3 is 0 Å². The van der Waals surface area contributed by atoms with Gasteiger partial charge in [-0.3, -0.25) is 9.98 Å². The highest BCUT2D eigenvalue weighted by Crippen LogP contribution is 2.34. The first-order valence-electron chi connectivity index (χ1n) is 8.34. The van der Waals surface area contributed by atoms with Gasteiger partial charge in [0, 0.05) is 56.4 Å². The third kappa shape index (κ3) is 6.03. The average Bonchev–Trinajstić information content (AvgIpc) is 2.60.